The van der Waals surface area contributed by atoms with Crippen LogP contribution in [0.15, 0.2) is 41.8 Å². The molecule has 5 heteroatoms. The summed E-state index contributed by atoms with van der Waals surface area (Å²) in [5.41, 5.74) is 7.73. The number of benzene rings is 1. The van der Waals surface area contributed by atoms with Crippen molar-refractivity contribution in [1.29, 1.82) is 0 Å². The molecule has 0 bridgehead atoms. The first-order valence-corrected chi connectivity index (χ1v) is 6.34. The predicted octanol–water partition coefficient (Wildman–Crippen LogP) is 3.22. The second kappa shape index (κ2) is 4.51. The molecule has 2 nitrogen and oxygen atoms in total. The summed E-state index contributed by atoms with van der Waals surface area (Å²) in [5, 5.41) is 1.99. The highest BCUT2D eigenvalue weighted by atomic mass is 32.1. The molecule has 0 fully saturated rings. The van der Waals surface area contributed by atoms with Crippen molar-refractivity contribution < 1.29 is 8.78 Å². The maximum Gasteiger partial charge on any atom is 0.159 e. The Balaban J connectivity index is 1.88. The van der Waals surface area contributed by atoms with Crippen LogP contribution in [0.5, 0.6) is 0 Å². The van der Waals surface area contributed by atoms with E-state index in [1.54, 1.807) is 17.4 Å². The highest BCUT2D eigenvalue weighted by Gasteiger charge is 2.18. The van der Waals surface area contributed by atoms with Gasteiger partial charge in [0.2, 0.25) is 0 Å². The third-order valence-electron chi connectivity index (χ3n) is 2.79. The monoisotopic (exact) mass is 264 g/mol. The zero-order valence-corrected chi connectivity index (χ0v) is 10.1. The van der Waals surface area contributed by atoms with Crippen LogP contribution in [0.25, 0.3) is 5.70 Å². The molecular formula is C13H10F2N2S. The molecule has 92 valence electrons. The minimum Gasteiger partial charge on any atom is -0.319 e. The molecule has 18 heavy (non-hydrogen) atoms. The maximum absolute atomic E-state index is 13.2. The van der Waals surface area contributed by atoms with Crippen molar-refractivity contribution in [1.82, 2.24) is 10.9 Å². The fourth-order valence-electron chi connectivity index (χ4n) is 1.87. The topological polar surface area (TPSA) is 24.1 Å². The normalized spacial score (nSPS) is 18.6. The highest BCUT2D eigenvalue weighted by Crippen LogP contribution is 2.27. The molecule has 0 aliphatic carbocycles. The molecule has 1 aromatic heterocycles. The maximum atomic E-state index is 13.2. The summed E-state index contributed by atoms with van der Waals surface area (Å²) < 4.78 is 26.0. The molecule has 2 heterocycles. The van der Waals surface area contributed by atoms with Gasteiger partial charge in [0.15, 0.2) is 11.6 Å². The zero-order valence-electron chi connectivity index (χ0n) is 9.28. The van der Waals surface area contributed by atoms with Gasteiger partial charge in [-0.1, -0.05) is 12.1 Å². The van der Waals surface area contributed by atoms with E-state index in [0.29, 0.717) is 5.56 Å². The van der Waals surface area contributed by atoms with Crippen LogP contribution in [0.3, 0.4) is 0 Å². The smallest absolute Gasteiger partial charge is 0.159 e. The molecule has 0 radical (unpaired) electrons. The molecule has 2 aromatic rings. The van der Waals surface area contributed by atoms with E-state index in [-0.39, 0.29) is 6.04 Å². The van der Waals surface area contributed by atoms with E-state index in [1.165, 1.54) is 6.07 Å². The lowest BCUT2D eigenvalue weighted by Gasteiger charge is -2.09. The van der Waals surface area contributed by atoms with Gasteiger partial charge in [-0.15, -0.1) is 11.3 Å². The van der Waals surface area contributed by atoms with E-state index in [2.05, 4.69) is 10.9 Å². The largest absolute Gasteiger partial charge is 0.319 e. The van der Waals surface area contributed by atoms with Gasteiger partial charge in [0, 0.05) is 0 Å². The van der Waals surface area contributed by atoms with Crippen LogP contribution in [0, 0.1) is 11.6 Å². The fraction of sp³-hybridized carbons (Fsp3) is 0.0769. The lowest BCUT2D eigenvalue weighted by atomic mass is 10.1. The molecule has 0 saturated carbocycles. The van der Waals surface area contributed by atoms with Crippen molar-refractivity contribution in [2.45, 2.75) is 6.04 Å². The Bertz CT molecular complexity index is 593. The van der Waals surface area contributed by atoms with Gasteiger partial charge in [-0.2, -0.15) is 0 Å². The minimum absolute atomic E-state index is 0.155. The Hall–Kier alpha value is -1.72. The Morgan fingerprint density at radius 2 is 2.00 bits per heavy atom. The molecule has 2 N–H and O–H groups in total. The van der Waals surface area contributed by atoms with E-state index in [4.69, 9.17) is 0 Å². The number of halogens is 2. The van der Waals surface area contributed by atoms with E-state index in [0.717, 1.165) is 16.6 Å². The van der Waals surface area contributed by atoms with Gasteiger partial charge in [0.05, 0.1) is 16.6 Å². The number of rotatable bonds is 2. The van der Waals surface area contributed by atoms with Crippen LogP contribution in [0.4, 0.5) is 8.78 Å². The minimum atomic E-state index is -0.827. The van der Waals surface area contributed by atoms with Crippen molar-refractivity contribution in [2.75, 3.05) is 0 Å². The third-order valence-corrected chi connectivity index (χ3v) is 3.69. The average molecular weight is 264 g/mol. The molecule has 1 atom stereocenters. The lowest BCUT2D eigenvalue weighted by molar-refractivity contribution is 0.504. The van der Waals surface area contributed by atoms with Crippen LogP contribution in [-0.2, 0) is 0 Å². The summed E-state index contributed by atoms with van der Waals surface area (Å²) in [7, 11) is 0. The van der Waals surface area contributed by atoms with Crippen LogP contribution in [-0.4, -0.2) is 0 Å². The third kappa shape index (κ3) is 2.02. The molecule has 1 unspecified atom stereocenters. The number of nitrogens with one attached hydrogen (secondary N) is 2. The molecule has 1 aliphatic rings. The molecule has 0 spiro atoms. The van der Waals surface area contributed by atoms with Crippen LogP contribution in [0.1, 0.15) is 16.5 Å². The second-order valence-electron chi connectivity index (χ2n) is 3.98. The highest BCUT2D eigenvalue weighted by molar-refractivity contribution is 7.11. The summed E-state index contributed by atoms with van der Waals surface area (Å²) >= 11 is 1.62. The quantitative estimate of drug-likeness (QED) is 0.870. The van der Waals surface area contributed by atoms with Gasteiger partial charge in [-0.25, -0.2) is 14.2 Å². The number of hydrogen-bond acceptors (Lipinski definition) is 3. The Labute approximate surface area is 107 Å². The van der Waals surface area contributed by atoms with Gasteiger partial charge in [0.1, 0.15) is 0 Å². The molecule has 0 saturated heterocycles. The first-order chi connectivity index (χ1) is 8.74. The Morgan fingerprint density at radius 3 is 2.72 bits per heavy atom. The van der Waals surface area contributed by atoms with Gasteiger partial charge >= 0.3 is 0 Å². The van der Waals surface area contributed by atoms with Gasteiger partial charge in [-0.05, 0) is 35.2 Å². The van der Waals surface area contributed by atoms with Gasteiger partial charge < -0.3 is 5.43 Å². The van der Waals surface area contributed by atoms with Gasteiger partial charge in [-0.3, -0.25) is 0 Å². The second-order valence-corrected chi connectivity index (χ2v) is 4.93. The van der Waals surface area contributed by atoms with E-state index >= 15 is 0 Å². The summed E-state index contributed by atoms with van der Waals surface area (Å²) in [6, 6.07) is 7.74. The molecule has 3 rings (SSSR count). The summed E-state index contributed by atoms with van der Waals surface area (Å²) in [6.45, 7) is 0. The van der Waals surface area contributed by atoms with Crippen molar-refractivity contribution >= 4 is 17.0 Å². The molecule has 1 aliphatic heterocycles. The van der Waals surface area contributed by atoms with Crippen LogP contribution >= 0.6 is 11.3 Å². The Kier molecular flexibility index (Phi) is 2.85. The SMILES string of the molecule is Fc1ccc(C2C=C(c3cccs3)NN2)cc1F. The summed E-state index contributed by atoms with van der Waals surface area (Å²) in [6.07, 6.45) is 1.96. The van der Waals surface area contributed by atoms with E-state index in [9.17, 15) is 8.78 Å². The van der Waals surface area contributed by atoms with Gasteiger partial charge in [0.25, 0.3) is 0 Å². The first kappa shape index (κ1) is 11.4. The van der Waals surface area contributed by atoms with Crippen LogP contribution < -0.4 is 10.9 Å². The summed E-state index contributed by atoms with van der Waals surface area (Å²) in [4.78, 5) is 1.10. The predicted molar refractivity (Wildman–Crippen MR) is 67.7 cm³/mol. The number of thiophene rings is 1. The number of hydrazine groups is 1. The van der Waals surface area contributed by atoms with E-state index in [1.807, 2.05) is 23.6 Å². The fourth-order valence-corrected chi connectivity index (χ4v) is 2.57. The molecule has 0 amide bonds. The summed E-state index contributed by atoms with van der Waals surface area (Å²) in [5.74, 6) is -1.65. The molecule has 1 aromatic carbocycles. The first-order valence-electron chi connectivity index (χ1n) is 5.46. The van der Waals surface area contributed by atoms with Crippen molar-refractivity contribution in [3.63, 3.8) is 0 Å². The standard InChI is InChI=1S/C13H10F2N2S/c14-9-4-3-8(6-10(9)15)11-7-12(17-16-11)13-2-1-5-18-13/h1-7,11,16-17H. The van der Waals surface area contributed by atoms with Crippen LogP contribution in [0.2, 0.25) is 0 Å². The van der Waals surface area contributed by atoms with Crippen molar-refractivity contribution in [2.24, 2.45) is 0 Å². The average Bonchev–Trinajstić information content (AvgIpc) is 3.01. The zero-order chi connectivity index (χ0) is 12.5. The number of hydrogen-bond donors (Lipinski definition) is 2. The van der Waals surface area contributed by atoms with Crippen molar-refractivity contribution in [3.8, 4) is 0 Å². The molecular weight excluding hydrogens is 254 g/mol. The Morgan fingerprint density at radius 1 is 1.11 bits per heavy atom. The van der Waals surface area contributed by atoms with Crippen molar-refractivity contribution in [3.05, 3.63) is 63.9 Å². The lowest BCUT2D eigenvalue weighted by Crippen LogP contribution is -2.26. The van der Waals surface area contributed by atoms with E-state index < -0.39 is 11.6 Å².